The number of ether oxygens (including phenoxy) is 1. The summed E-state index contributed by atoms with van der Waals surface area (Å²) in [5.41, 5.74) is 2.13. The van der Waals surface area contributed by atoms with Crippen molar-refractivity contribution in [1.82, 2.24) is 19.5 Å². The van der Waals surface area contributed by atoms with Crippen molar-refractivity contribution in [3.05, 3.63) is 54.0 Å². The second kappa shape index (κ2) is 6.16. The molecule has 1 aliphatic carbocycles. The molecule has 1 fully saturated rings. The van der Waals surface area contributed by atoms with Crippen molar-refractivity contribution in [3.8, 4) is 0 Å². The van der Waals surface area contributed by atoms with Gasteiger partial charge in [0.15, 0.2) is 11.1 Å². The third kappa shape index (κ3) is 2.71. The standard InChI is InChI=1S/C17H18FN5O/c18-15(12-4-2-1-3-5-12)24-8-11-6-13(7-11)23-10-22-17-14(16(23)19)20-9-21-17/h1-5,9-11,13,15,19H,6-8H2,(H,20,21). The number of rotatable bonds is 5. The zero-order chi connectivity index (χ0) is 16.5. The minimum absolute atomic E-state index is 0.209. The lowest BCUT2D eigenvalue weighted by molar-refractivity contribution is -0.0727. The van der Waals surface area contributed by atoms with Gasteiger partial charge in [-0.3, -0.25) is 5.41 Å². The van der Waals surface area contributed by atoms with Crippen LogP contribution in [-0.2, 0) is 4.74 Å². The first kappa shape index (κ1) is 15.0. The number of alkyl halides is 1. The topological polar surface area (TPSA) is 79.6 Å². The third-order valence-electron chi connectivity index (χ3n) is 4.56. The monoisotopic (exact) mass is 327 g/mol. The van der Waals surface area contributed by atoms with Gasteiger partial charge in [-0.25, -0.2) is 14.4 Å². The Bertz CT molecular complexity index is 885. The Hall–Kier alpha value is -2.54. The molecule has 2 N–H and O–H groups in total. The number of aromatic nitrogens is 4. The first-order chi connectivity index (χ1) is 11.7. The van der Waals surface area contributed by atoms with Crippen molar-refractivity contribution < 1.29 is 9.13 Å². The van der Waals surface area contributed by atoms with Gasteiger partial charge in [0.25, 0.3) is 0 Å². The molecule has 24 heavy (non-hydrogen) atoms. The lowest BCUT2D eigenvalue weighted by atomic mass is 9.80. The molecule has 0 aliphatic heterocycles. The number of nitrogens with one attached hydrogen (secondary N) is 2. The van der Waals surface area contributed by atoms with Gasteiger partial charge in [-0.1, -0.05) is 30.3 Å². The van der Waals surface area contributed by atoms with Crippen molar-refractivity contribution in [3.63, 3.8) is 0 Å². The van der Waals surface area contributed by atoms with E-state index in [0.717, 1.165) is 12.8 Å². The predicted octanol–water partition coefficient (Wildman–Crippen LogP) is 2.87. The Morgan fingerprint density at radius 1 is 1.29 bits per heavy atom. The fraction of sp³-hybridized carbons (Fsp3) is 0.353. The number of nitrogens with zero attached hydrogens (tertiary/aromatic N) is 3. The van der Waals surface area contributed by atoms with E-state index < -0.39 is 6.36 Å². The molecule has 2 heterocycles. The Morgan fingerprint density at radius 2 is 2.08 bits per heavy atom. The number of imidazole rings is 1. The molecule has 2 aromatic heterocycles. The number of aromatic amines is 1. The molecule has 7 heteroatoms. The van der Waals surface area contributed by atoms with E-state index in [1.807, 2.05) is 10.6 Å². The Kier molecular flexibility index (Phi) is 3.86. The highest BCUT2D eigenvalue weighted by Gasteiger charge is 2.32. The van der Waals surface area contributed by atoms with Crippen molar-refractivity contribution in [2.75, 3.05) is 6.61 Å². The van der Waals surface area contributed by atoms with Crippen LogP contribution < -0.4 is 5.49 Å². The van der Waals surface area contributed by atoms with Gasteiger partial charge in [0.1, 0.15) is 5.52 Å². The molecular weight excluding hydrogens is 309 g/mol. The summed E-state index contributed by atoms with van der Waals surface area (Å²) >= 11 is 0. The van der Waals surface area contributed by atoms with Gasteiger partial charge in [0, 0.05) is 11.6 Å². The van der Waals surface area contributed by atoms with Gasteiger partial charge in [0.05, 0.1) is 19.3 Å². The Labute approximate surface area is 137 Å². The molecular formula is C17H18FN5O. The van der Waals surface area contributed by atoms with Crippen LogP contribution in [0.3, 0.4) is 0 Å². The second-order valence-corrected chi connectivity index (χ2v) is 6.15. The summed E-state index contributed by atoms with van der Waals surface area (Å²) in [4.78, 5) is 11.3. The zero-order valence-electron chi connectivity index (χ0n) is 13.0. The van der Waals surface area contributed by atoms with Gasteiger partial charge >= 0.3 is 0 Å². The van der Waals surface area contributed by atoms with Crippen molar-refractivity contribution in [2.24, 2.45) is 5.92 Å². The summed E-state index contributed by atoms with van der Waals surface area (Å²) in [5, 5.41) is 8.23. The number of H-pyrrole nitrogens is 1. The van der Waals surface area contributed by atoms with Crippen LogP contribution in [0.15, 0.2) is 43.0 Å². The molecule has 1 atom stereocenters. The maximum absolute atomic E-state index is 14.0. The fourth-order valence-electron chi connectivity index (χ4n) is 3.12. The maximum Gasteiger partial charge on any atom is 0.225 e. The molecule has 0 bridgehead atoms. The smallest absolute Gasteiger partial charge is 0.225 e. The zero-order valence-corrected chi connectivity index (χ0v) is 13.0. The fourth-order valence-corrected chi connectivity index (χ4v) is 3.12. The summed E-state index contributed by atoms with van der Waals surface area (Å²) in [6, 6.07) is 9.11. The van der Waals surface area contributed by atoms with E-state index in [0.29, 0.717) is 34.7 Å². The SMILES string of the molecule is N=c1c2[nH]cnc2ncn1C1CC(COC(F)c2ccccc2)C1. The van der Waals surface area contributed by atoms with Crippen molar-refractivity contribution in [1.29, 1.82) is 5.41 Å². The number of benzene rings is 1. The molecule has 1 unspecified atom stereocenters. The Morgan fingerprint density at radius 3 is 2.88 bits per heavy atom. The van der Waals surface area contributed by atoms with E-state index in [2.05, 4.69) is 15.0 Å². The third-order valence-corrected chi connectivity index (χ3v) is 4.56. The Balaban J connectivity index is 1.34. The van der Waals surface area contributed by atoms with Crippen LogP contribution in [-0.4, -0.2) is 26.1 Å². The minimum atomic E-state index is -1.38. The van der Waals surface area contributed by atoms with Crippen molar-refractivity contribution >= 4 is 11.2 Å². The van der Waals surface area contributed by atoms with E-state index in [9.17, 15) is 4.39 Å². The average molecular weight is 327 g/mol. The van der Waals surface area contributed by atoms with Crippen LogP contribution in [0.4, 0.5) is 4.39 Å². The van der Waals surface area contributed by atoms with Gasteiger partial charge in [-0.15, -0.1) is 0 Å². The summed E-state index contributed by atoms with van der Waals surface area (Å²) in [6.07, 6.45) is 3.55. The molecule has 0 radical (unpaired) electrons. The quantitative estimate of drug-likeness (QED) is 0.756. The van der Waals surface area contributed by atoms with E-state index in [-0.39, 0.29) is 6.04 Å². The maximum atomic E-state index is 14.0. The molecule has 0 spiro atoms. The summed E-state index contributed by atoms with van der Waals surface area (Å²) in [7, 11) is 0. The van der Waals surface area contributed by atoms with E-state index in [1.165, 1.54) is 0 Å². The first-order valence-corrected chi connectivity index (χ1v) is 7.98. The van der Waals surface area contributed by atoms with Crippen LogP contribution in [0.1, 0.15) is 30.8 Å². The summed E-state index contributed by atoms with van der Waals surface area (Å²) in [6.45, 7) is 0.389. The second-order valence-electron chi connectivity index (χ2n) is 6.15. The molecule has 6 nitrogen and oxygen atoms in total. The summed E-state index contributed by atoms with van der Waals surface area (Å²) in [5.74, 6) is 0.307. The minimum Gasteiger partial charge on any atom is -0.344 e. The molecule has 124 valence electrons. The number of hydrogen-bond donors (Lipinski definition) is 2. The van der Waals surface area contributed by atoms with Crippen LogP contribution in [0.25, 0.3) is 11.2 Å². The van der Waals surface area contributed by atoms with E-state index >= 15 is 0 Å². The lowest BCUT2D eigenvalue weighted by Gasteiger charge is -2.36. The van der Waals surface area contributed by atoms with Crippen LogP contribution in [0.5, 0.6) is 0 Å². The highest BCUT2D eigenvalue weighted by molar-refractivity contribution is 5.67. The lowest BCUT2D eigenvalue weighted by Crippen LogP contribution is -2.36. The highest BCUT2D eigenvalue weighted by Crippen LogP contribution is 2.38. The molecule has 1 saturated carbocycles. The normalized spacial score (nSPS) is 21.5. The van der Waals surface area contributed by atoms with Gasteiger partial charge < -0.3 is 14.3 Å². The molecule has 0 saturated heterocycles. The summed E-state index contributed by atoms with van der Waals surface area (Å²) < 4.78 is 21.2. The molecule has 3 aromatic rings. The average Bonchev–Trinajstić information content (AvgIpc) is 3.05. The van der Waals surface area contributed by atoms with Gasteiger partial charge in [-0.2, -0.15) is 0 Å². The van der Waals surface area contributed by atoms with E-state index in [4.69, 9.17) is 10.1 Å². The van der Waals surface area contributed by atoms with Crippen LogP contribution in [0.2, 0.25) is 0 Å². The van der Waals surface area contributed by atoms with E-state index in [1.54, 1.807) is 36.9 Å². The molecule has 0 amide bonds. The molecule has 1 aliphatic rings. The molecule has 4 rings (SSSR count). The number of fused-ring (bicyclic) bond motifs is 1. The predicted molar refractivity (Wildman–Crippen MR) is 85.7 cm³/mol. The number of halogens is 1. The molecule has 1 aromatic carbocycles. The first-order valence-electron chi connectivity index (χ1n) is 7.98. The van der Waals surface area contributed by atoms with Crippen molar-refractivity contribution in [2.45, 2.75) is 25.2 Å². The largest absolute Gasteiger partial charge is 0.344 e. The van der Waals surface area contributed by atoms with Crippen LogP contribution >= 0.6 is 0 Å². The number of hydrogen-bond acceptors (Lipinski definition) is 4. The van der Waals surface area contributed by atoms with Crippen LogP contribution in [0, 0.1) is 11.3 Å². The van der Waals surface area contributed by atoms with Gasteiger partial charge in [0.2, 0.25) is 6.36 Å². The van der Waals surface area contributed by atoms with Gasteiger partial charge in [-0.05, 0) is 18.8 Å². The highest BCUT2D eigenvalue weighted by atomic mass is 19.1.